The number of ether oxygens (including phenoxy) is 2. The van der Waals surface area contributed by atoms with Crippen molar-refractivity contribution in [3.05, 3.63) is 118 Å². The normalized spacial score (nSPS) is 10.8. The molecule has 0 bridgehead atoms. The monoisotopic (exact) mass is 505 g/mol. The zero-order valence-electron chi connectivity index (χ0n) is 21.4. The van der Waals surface area contributed by atoms with Crippen LogP contribution in [0.25, 0.3) is 22.3 Å². The van der Waals surface area contributed by atoms with Crippen molar-refractivity contribution in [3.63, 3.8) is 0 Å². The maximum atomic E-state index is 13.5. The zero-order valence-corrected chi connectivity index (χ0v) is 21.4. The third kappa shape index (κ3) is 5.44. The van der Waals surface area contributed by atoms with Crippen molar-refractivity contribution in [2.24, 2.45) is 0 Å². The molecule has 0 unspecified atom stereocenters. The molecule has 4 aromatic carbocycles. The molecule has 1 amide bonds. The molecule has 0 spiro atoms. The molecule has 0 aliphatic heterocycles. The van der Waals surface area contributed by atoms with E-state index in [4.69, 9.17) is 13.9 Å². The molecule has 6 heteroatoms. The summed E-state index contributed by atoms with van der Waals surface area (Å²) in [5.41, 5.74) is 4.33. The van der Waals surface area contributed by atoms with E-state index in [1.54, 1.807) is 30.3 Å². The number of rotatable bonds is 7. The number of hydrogen-bond acceptors (Lipinski definition) is 5. The molecule has 0 aliphatic rings. The second-order valence-corrected chi connectivity index (χ2v) is 9.19. The summed E-state index contributed by atoms with van der Waals surface area (Å²) in [6.07, 6.45) is 0. The van der Waals surface area contributed by atoms with Gasteiger partial charge in [-0.05, 0) is 74.4 Å². The smallest absolute Gasteiger partial charge is 0.262 e. The van der Waals surface area contributed by atoms with Gasteiger partial charge in [-0.25, -0.2) is 0 Å². The number of anilines is 1. The summed E-state index contributed by atoms with van der Waals surface area (Å²) in [4.78, 5) is 26.3. The summed E-state index contributed by atoms with van der Waals surface area (Å²) in [6.45, 7) is 5.45. The Morgan fingerprint density at radius 3 is 2.21 bits per heavy atom. The van der Waals surface area contributed by atoms with E-state index >= 15 is 0 Å². The van der Waals surface area contributed by atoms with Gasteiger partial charge >= 0.3 is 0 Å². The highest BCUT2D eigenvalue weighted by Gasteiger charge is 2.20. The van der Waals surface area contributed by atoms with Gasteiger partial charge < -0.3 is 19.2 Å². The summed E-state index contributed by atoms with van der Waals surface area (Å²) in [5, 5.41) is 3.21. The van der Waals surface area contributed by atoms with Crippen molar-refractivity contribution in [3.8, 4) is 28.6 Å². The first kappa shape index (κ1) is 24.8. The Kier molecular flexibility index (Phi) is 6.96. The Morgan fingerprint density at radius 1 is 0.816 bits per heavy atom. The third-order valence-corrected chi connectivity index (χ3v) is 6.06. The number of para-hydroxylation sites is 1. The van der Waals surface area contributed by atoms with Crippen molar-refractivity contribution in [1.29, 1.82) is 0 Å². The van der Waals surface area contributed by atoms with Crippen molar-refractivity contribution >= 4 is 22.6 Å². The molecular formula is C32H27NO5. The number of benzene rings is 4. The molecule has 1 aromatic heterocycles. The predicted molar refractivity (Wildman–Crippen MR) is 149 cm³/mol. The first-order valence-corrected chi connectivity index (χ1v) is 12.3. The van der Waals surface area contributed by atoms with Crippen LogP contribution in [0.3, 0.4) is 0 Å². The number of amides is 1. The largest absolute Gasteiger partial charge is 0.476 e. The molecule has 0 radical (unpaired) electrons. The van der Waals surface area contributed by atoms with Crippen LogP contribution in [0.15, 0.2) is 100 Å². The third-order valence-electron chi connectivity index (χ3n) is 6.06. The number of nitrogens with one attached hydrogen (secondary N) is 1. The topological polar surface area (TPSA) is 77.8 Å². The molecule has 1 N–H and O–H groups in total. The molecule has 6 nitrogen and oxygen atoms in total. The molecule has 5 rings (SSSR count). The molecule has 0 saturated heterocycles. The van der Waals surface area contributed by atoms with Crippen LogP contribution < -0.4 is 20.2 Å². The van der Waals surface area contributed by atoms with E-state index in [0.29, 0.717) is 33.7 Å². The van der Waals surface area contributed by atoms with Crippen LogP contribution in [0.2, 0.25) is 0 Å². The maximum Gasteiger partial charge on any atom is 0.262 e. The summed E-state index contributed by atoms with van der Waals surface area (Å²) < 4.78 is 17.9. The van der Waals surface area contributed by atoms with E-state index in [2.05, 4.69) is 5.32 Å². The highest BCUT2D eigenvalue weighted by Crippen LogP contribution is 2.33. The number of aryl methyl sites for hydroxylation is 3. The van der Waals surface area contributed by atoms with Crippen molar-refractivity contribution in [2.75, 3.05) is 11.9 Å². The number of fused-ring (bicyclic) bond motifs is 1. The lowest BCUT2D eigenvalue weighted by molar-refractivity contribution is -0.118. The van der Waals surface area contributed by atoms with Crippen LogP contribution in [-0.4, -0.2) is 12.5 Å². The molecular weight excluding hydrogens is 478 g/mol. The van der Waals surface area contributed by atoms with E-state index in [0.717, 1.165) is 22.4 Å². The molecule has 5 aromatic rings. The Morgan fingerprint density at radius 2 is 1.50 bits per heavy atom. The Bertz CT molecular complexity index is 1650. The summed E-state index contributed by atoms with van der Waals surface area (Å²) in [5.74, 6) is 1.27. The number of carbonyl (C=O) groups is 1. The molecule has 38 heavy (non-hydrogen) atoms. The SMILES string of the molecule is Cc1ccc(-c2oc3c(C)cc(C)cc3c(=O)c2OCC(=O)Nc2ccc(Oc3ccccc3)cc2)cc1. The summed E-state index contributed by atoms with van der Waals surface area (Å²) >= 11 is 0. The molecule has 190 valence electrons. The molecule has 0 atom stereocenters. The predicted octanol–water partition coefficient (Wildman–Crippen LogP) is 7.20. The standard InChI is InChI=1S/C32H27NO5/c1-20-9-11-23(12-10-20)31-32(29(35)27-18-21(2)17-22(3)30(27)38-31)36-19-28(34)33-24-13-15-26(16-14-24)37-25-7-5-4-6-8-25/h4-18H,19H2,1-3H3,(H,33,34). The van der Waals surface area contributed by atoms with Crippen molar-refractivity contribution < 1.29 is 18.7 Å². The average molecular weight is 506 g/mol. The van der Waals surface area contributed by atoms with Gasteiger partial charge in [0.2, 0.25) is 11.2 Å². The van der Waals surface area contributed by atoms with Crippen LogP contribution >= 0.6 is 0 Å². The van der Waals surface area contributed by atoms with Crippen LogP contribution in [0.5, 0.6) is 17.2 Å². The van der Waals surface area contributed by atoms with Gasteiger partial charge in [0.05, 0.1) is 5.39 Å². The highest BCUT2D eigenvalue weighted by molar-refractivity contribution is 5.92. The van der Waals surface area contributed by atoms with Crippen molar-refractivity contribution in [2.45, 2.75) is 20.8 Å². The molecule has 0 saturated carbocycles. The number of carbonyl (C=O) groups excluding carboxylic acids is 1. The van der Waals surface area contributed by atoms with Gasteiger partial charge in [0.15, 0.2) is 12.4 Å². The first-order chi connectivity index (χ1) is 18.4. The van der Waals surface area contributed by atoms with Gasteiger partial charge in [0, 0.05) is 11.3 Å². The minimum atomic E-state index is -0.406. The minimum Gasteiger partial charge on any atom is -0.476 e. The van der Waals surface area contributed by atoms with E-state index in [1.165, 1.54) is 0 Å². The molecule has 1 heterocycles. The lowest BCUT2D eigenvalue weighted by atomic mass is 10.0. The van der Waals surface area contributed by atoms with E-state index in [-0.39, 0.29) is 17.8 Å². The van der Waals surface area contributed by atoms with E-state index < -0.39 is 5.91 Å². The fourth-order valence-corrected chi connectivity index (χ4v) is 4.22. The van der Waals surface area contributed by atoms with Gasteiger partial charge in [-0.1, -0.05) is 54.1 Å². The van der Waals surface area contributed by atoms with Gasteiger partial charge in [-0.15, -0.1) is 0 Å². The first-order valence-electron chi connectivity index (χ1n) is 12.3. The van der Waals surface area contributed by atoms with Crippen LogP contribution in [0.1, 0.15) is 16.7 Å². The van der Waals surface area contributed by atoms with Crippen LogP contribution in [0, 0.1) is 20.8 Å². The second-order valence-electron chi connectivity index (χ2n) is 9.19. The van der Waals surface area contributed by atoms with Gasteiger partial charge in [-0.2, -0.15) is 0 Å². The van der Waals surface area contributed by atoms with Crippen LogP contribution in [0.4, 0.5) is 5.69 Å². The summed E-state index contributed by atoms with van der Waals surface area (Å²) in [7, 11) is 0. The lowest BCUT2D eigenvalue weighted by Gasteiger charge is -2.13. The quantitative estimate of drug-likeness (QED) is 0.253. The average Bonchev–Trinajstić information content (AvgIpc) is 2.91. The molecule has 0 aliphatic carbocycles. The number of hydrogen-bond donors (Lipinski definition) is 1. The van der Waals surface area contributed by atoms with Gasteiger partial charge in [-0.3, -0.25) is 9.59 Å². The van der Waals surface area contributed by atoms with Gasteiger partial charge in [0.1, 0.15) is 17.1 Å². The Hall–Kier alpha value is -4.84. The van der Waals surface area contributed by atoms with Crippen LogP contribution in [-0.2, 0) is 4.79 Å². The van der Waals surface area contributed by atoms with Crippen molar-refractivity contribution in [1.82, 2.24) is 0 Å². The Labute approximate surface area is 220 Å². The molecule has 0 fully saturated rings. The maximum absolute atomic E-state index is 13.5. The Balaban J connectivity index is 1.37. The fourth-order valence-electron chi connectivity index (χ4n) is 4.22. The lowest BCUT2D eigenvalue weighted by Crippen LogP contribution is -2.22. The van der Waals surface area contributed by atoms with Gasteiger partial charge in [0.25, 0.3) is 5.91 Å². The highest BCUT2D eigenvalue weighted by atomic mass is 16.5. The van der Waals surface area contributed by atoms with E-state index in [1.807, 2.05) is 81.4 Å². The minimum absolute atomic E-state index is 0.00751. The second kappa shape index (κ2) is 10.6. The summed E-state index contributed by atoms with van der Waals surface area (Å²) in [6, 6.07) is 27.8. The fraction of sp³-hybridized carbons (Fsp3) is 0.125. The zero-order chi connectivity index (χ0) is 26.6. The van der Waals surface area contributed by atoms with E-state index in [9.17, 15) is 9.59 Å².